The highest BCUT2D eigenvalue weighted by Gasteiger charge is 2.14. The third-order valence-corrected chi connectivity index (χ3v) is 2.77. The van der Waals surface area contributed by atoms with Crippen LogP contribution in [0.25, 0.3) is 0 Å². The summed E-state index contributed by atoms with van der Waals surface area (Å²) in [4.78, 5) is 9.05. The van der Waals surface area contributed by atoms with E-state index in [-0.39, 0.29) is 0 Å². The molecule has 0 saturated carbocycles. The van der Waals surface area contributed by atoms with Crippen molar-refractivity contribution in [2.24, 2.45) is 0 Å². The van der Waals surface area contributed by atoms with Crippen molar-refractivity contribution in [3.8, 4) is 0 Å². The first kappa shape index (κ1) is 11.5. The highest BCUT2D eigenvalue weighted by atomic mass is 16.5. The van der Waals surface area contributed by atoms with Crippen LogP contribution >= 0.6 is 0 Å². The van der Waals surface area contributed by atoms with Crippen LogP contribution < -0.4 is 5.32 Å². The Morgan fingerprint density at radius 3 is 3.06 bits per heavy atom. The Hall–Kier alpha value is -1.00. The van der Waals surface area contributed by atoms with E-state index in [1.54, 1.807) is 0 Å². The molecule has 1 aliphatic heterocycles. The SMILES string of the molecule is CCCOCc1nc(C)c2c(n1)CCNC2. The number of nitrogens with one attached hydrogen (secondary N) is 1. The minimum Gasteiger partial charge on any atom is -0.373 e. The third-order valence-electron chi connectivity index (χ3n) is 2.77. The van der Waals surface area contributed by atoms with Crippen LogP contribution in [0.2, 0.25) is 0 Å². The second kappa shape index (κ2) is 5.37. The number of hydrogen-bond donors (Lipinski definition) is 1. The molecule has 1 aliphatic rings. The molecule has 0 amide bonds. The molecule has 0 saturated heterocycles. The molecule has 0 aliphatic carbocycles. The molecule has 0 aromatic carbocycles. The summed E-state index contributed by atoms with van der Waals surface area (Å²) in [6.07, 6.45) is 2.04. The van der Waals surface area contributed by atoms with Gasteiger partial charge in [0.15, 0.2) is 5.82 Å². The highest BCUT2D eigenvalue weighted by molar-refractivity contribution is 5.27. The number of rotatable bonds is 4. The van der Waals surface area contributed by atoms with Crippen molar-refractivity contribution in [1.29, 1.82) is 0 Å². The highest BCUT2D eigenvalue weighted by Crippen LogP contribution is 2.15. The van der Waals surface area contributed by atoms with E-state index in [0.29, 0.717) is 6.61 Å². The molecule has 4 heteroatoms. The van der Waals surface area contributed by atoms with Crippen LogP contribution in [-0.4, -0.2) is 23.1 Å². The van der Waals surface area contributed by atoms with E-state index >= 15 is 0 Å². The molecule has 88 valence electrons. The van der Waals surface area contributed by atoms with Gasteiger partial charge >= 0.3 is 0 Å². The summed E-state index contributed by atoms with van der Waals surface area (Å²) in [5.74, 6) is 0.826. The summed E-state index contributed by atoms with van der Waals surface area (Å²) in [5.41, 5.74) is 3.55. The van der Waals surface area contributed by atoms with Gasteiger partial charge in [-0.1, -0.05) is 6.92 Å². The van der Waals surface area contributed by atoms with Gasteiger partial charge in [0.25, 0.3) is 0 Å². The van der Waals surface area contributed by atoms with Gasteiger partial charge in [-0.2, -0.15) is 0 Å². The normalized spacial score (nSPS) is 14.9. The molecule has 0 bridgehead atoms. The van der Waals surface area contributed by atoms with Crippen LogP contribution in [-0.2, 0) is 24.3 Å². The second-order valence-electron chi connectivity index (χ2n) is 4.13. The van der Waals surface area contributed by atoms with Gasteiger partial charge in [0.2, 0.25) is 0 Å². The van der Waals surface area contributed by atoms with Gasteiger partial charge in [0.05, 0.1) is 5.69 Å². The fourth-order valence-electron chi connectivity index (χ4n) is 1.95. The smallest absolute Gasteiger partial charge is 0.154 e. The fourth-order valence-corrected chi connectivity index (χ4v) is 1.95. The Balaban J connectivity index is 2.12. The number of aryl methyl sites for hydroxylation is 1. The lowest BCUT2D eigenvalue weighted by Gasteiger charge is -2.18. The molecule has 2 heterocycles. The first-order valence-electron chi connectivity index (χ1n) is 5.95. The van der Waals surface area contributed by atoms with Crippen molar-refractivity contribution in [2.45, 2.75) is 39.8 Å². The fraction of sp³-hybridized carbons (Fsp3) is 0.667. The second-order valence-corrected chi connectivity index (χ2v) is 4.13. The molecule has 1 aromatic heterocycles. The van der Waals surface area contributed by atoms with Gasteiger partial charge in [0, 0.05) is 37.4 Å². The van der Waals surface area contributed by atoms with E-state index < -0.39 is 0 Å². The van der Waals surface area contributed by atoms with Crippen LogP contribution in [0.1, 0.15) is 36.1 Å². The van der Waals surface area contributed by atoms with Crippen molar-refractivity contribution in [3.63, 3.8) is 0 Å². The van der Waals surface area contributed by atoms with Crippen molar-refractivity contribution >= 4 is 0 Å². The Morgan fingerprint density at radius 1 is 1.38 bits per heavy atom. The summed E-state index contributed by atoms with van der Waals surface area (Å²) in [5, 5.41) is 3.34. The largest absolute Gasteiger partial charge is 0.373 e. The van der Waals surface area contributed by atoms with E-state index in [2.05, 4.69) is 29.1 Å². The first-order valence-corrected chi connectivity index (χ1v) is 5.95. The summed E-state index contributed by atoms with van der Waals surface area (Å²) >= 11 is 0. The lowest BCUT2D eigenvalue weighted by molar-refractivity contribution is 0.115. The van der Waals surface area contributed by atoms with E-state index in [1.165, 1.54) is 11.3 Å². The zero-order chi connectivity index (χ0) is 11.4. The topological polar surface area (TPSA) is 47.0 Å². The van der Waals surface area contributed by atoms with Gasteiger partial charge in [-0.15, -0.1) is 0 Å². The van der Waals surface area contributed by atoms with E-state index in [0.717, 1.165) is 44.1 Å². The minimum absolute atomic E-state index is 0.537. The maximum absolute atomic E-state index is 5.47. The molecule has 0 spiro atoms. The van der Waals surface area contributed by atoms with Crippen molar-refractivity contribution in [2.75, 3.05) is 13.2 Å². The Morgan fingerprint density at radius 2 is 2.25 bits per heavy atom. The Bertz CT molecular complexity index is 366. The summed E-state index contributed by atoms with van der Waals surface area (Å²) in [6, 6.07) is 0. The van der Waals surface area contributed by atoms with Crippen molar-refractivity contribution in [1.82, 2.24) is 15.3 Å². The molecule has 2 rings (SSSR count). The average Bonchev–Trinajstić information content (AvgIpc) is 2.30. The first-order chi connectivity index (χ1) is 7.81. The van der Waals surface area contributed by atoms with Crippen LogP contribution in [0.3, 0.4) is 0 Å². The molecule has 0 fully saturated rings. The maximum atomic E-state index is 5.47. The molecule has 16 heavy (non-hydrogen) atoms. The molecule has 0 atom stereocenters. The number of fused-ring (bicyclic) bond motifs is 1. The van der Waals surface area contributed by atoms with E-state index in [9.17, 15) is 0 Å². The van der Waals surface area contributed by atoms with Crippen LogP contribution in [0.4, 0.5) is 0 Å². The number of aromatic nitrogens is 2. The van der Waals surface area contributed by atoms with Crippen LogP contribution in [0, 0.1) is 6.92 Å². The Kier molecular flexibility index (Phi) is 3.85. The van der Waals surface area contributed by atoms with Gasteiger partial charge in [-0.3, -0.25) is 0 Å². The van der Waals surface area contributed by atoms with E-state index in [1.807, 2.05) is 0 Å². The van der Waals surface area contributed by atoms with Gasteiger partial charge < -0.3 is 10.1 Å². The van der Waals surface area contributed by atoms with Gasteiger partial charge in [-0.25, -0.2) is 9.97 Å². The molecule has 1 N–H and O–H groups in total. The van der Waals surface area contributed by atoms with Crippen molar-refractivity contribution < 1.29 is 4.74 Å². The number of ether oxygens (including phenoxy) is 1. The van der Waals surface area contributed by atoms with Crippen molar-refractivity contribution in [3.05, 3.63) is 22.8 Å². The maximum Gasteiger partial charge on any atom is 0.154 e. The summed E-state index contributed by atoms with van der Waals surface area (Å²) in [6.45, 7) is 7.38. The lowest BCUT2D eigenvalue weighted by Crippen LogP contribution is -2.26. The predicted molar refractivity (Wildman–Crippen MR) is 62.1 cm³/mol. The predicted octanol–water partition coefficient (Wildman–Crippen LogP) is 1.36. The zero-order valence-electron chi connectivity index (χ0n) is 10.0. The minimum atomic E-state index is 0.537. The average molecular weight is 221 g/mol. The zero-order valence-corrected chi connectivity index (χ0v) is 10.0. The third kappa shape index (κ3) is 2.57. The molecule has 0 unspecified atom stereocenters. The van der Waals surface area contributed by atoms with Crippen LogP contribution in [0.5, 0.6) is 0 Å². The quantitative estimate of drug-likeness (QED) is 0.780. The lowest BCUT2D eigenvalue weighted by atomic mass is 10.1. The number of hydrogen-bond acceptors (Lipinski definition) is 4. The van der Waals surface area contributed by atoms with Crippen LogP contribution in [0.15, 0.2) is 0 Å². The van der Waals surface area contributed by atoms with E-state index in [4.69, 9.17) is 4.74 Å². The molecule has 4 nitrogen and oxygen atoms in total. The summed E-state index contributed by atoms with van der Waals surface area (Å²) in [7, 11) is 0. The molecular formula is C12H19N3O. The summed E-state index contributed by atoms with van der Waals surface area (Å²) < 4.78 is 5.47. The van der Waals surface area contributed by atoms with Gasteiger partial charge in [-0.05, 0) is 13.3 Å². The standard InChI is InChI=1S/C12H19N3O/c1-3-6-16-8-12-14-9(2)10-7-13-5-4-11(10)15-12/h13H,3-8H2,1-2H3. The molecule has 1 aromatic rings. The number of nitrogens with zero attached hydrogens (tertiary/aromatic N) is 2. The monoisotopic (exact) mass is 221 g/mol. The molecular weight excluding hydrogens is 202 g/mol. The Labute approximate surface area is 96.4 Å². The molecule has 0 radical (unpaired) electrons. The van der Waals surface area contributed by atoms with Gasteiger partial charge in [0.1, 0.15) is 6.61 Å².